The molecule has 0 atom stereocenters. The van der Waals surface area contributed by atoms with Gasteiger partial charge in [0.1, 0.15) is 4.88 Å². The van der Waals surface area contributed by atoms with Crippen LogP contribution in [-0.4, -0.2) is 26.0 Å². The Kier molecular flexibility index (Phi) is 5.29. The molecule has 1 N–H and O–H groups in total. The molecule has 24 heavy (non-hydrogen) atoms. The molecule has 0 unspecified atom stereocenters. The summed E-state index contributed by atoms with van der Waals surface area (Å²) in [4.78, 5) is 16.5. The molecule has 2 aromatic rings. The Morgan fingerprint density at radius 3 is 2.33 bits per heavy atom. The molecule has 0 amide bonds. The quantitative estimate of drug-likeness (QED) is 0.818. The molecule has 1 aromatic heterocycles. The minimum absolute atomic E-state index is 0.148. The molecule has 0 radical (unpaired) electrons. The van der Waals surface area contributed by atoms with E-state index in [2.05, 4.69) is 9.71 Å². The van der Waals surface area contributed by atoms with Gasteiger partial charge in [-0.25, -0.2) is 18.2 Å². The molecule has 0 bridgehead atoms. The van der Waals surface area contributed by atoms with Gasteiger partial charge in [-0.2, -0.15) is 0 Å². The number of sulfonamides is 1. The van der Waals surface area contributed by atoms with Crippen molar-refractivity contribution in [2.45, 2.75) is 39.5 Å². The number of aryl methyl sites for hydroxylation is 4. The molecule has 0 aliphatic heterocycles. The number of nitrogens with zero attached hydrogens (tertiary/aromatic N) is 1. The number of esters is 1. The highest BCUT2D eigenvalue weighted by molar-refractivity contribution is 7.93. The van der Waals surface area contributed by atoms with E-state index >= 15 is 0 Å². The SMILES string of the molecule is CCOC(=O)c1sc(NS(=O)(=O)c2c(C)cc(C)cc2C)nc1C. The summed E-state index contributed by atoms with van der Waals surface area (Å²) < 4.78 is 32.8. The average Bonchev–Trinajstić information content (AvgIpc) is 2.77. The molecule has 2 rings (SSSR count). The fourth-order valence-corrected chi connectivity index (χ4v) is 5.13. The minimum atomic E-state index is -3.79. The second-order valence-electron chi connectivity index (χ2n) is 5.49. The lowest BCUT2D eigenvalue weighted by Crippen LogP contribution is -2.15. The molecular weight excluding hydrogens is 348 g/mol. The summed E-state index contributed by atoms with van der Waals surface area (Å²) in [6.45, 7) is 9.03. The van der Waals surface area contributed by atoms with Gasteiger partial charge in [0.2, 0.25) is 0 Å². The molecule has 0 aliphatic carbocycles. The van der Waals surface area contributed by atoms with Crippen molar-refractivity contribution in [3.05, 3.63) is 39.4 Å². The van der Waals surface area contributed by atoms with E-state index in [1.165, 1.54) is 0 Å². The summed E-state index contributed by atoms with van der Waals surface area (Å²) in [7, 11) is -3.79. The Balaban J connectivity index is 2.38. The van der Waals surface area contributed by atoms with Gasteiger partial charge in [0.15, 0.2) is 5.13 Å². The van der Waals surface area contributed by atoms with Gasteiger partial charge in [0, 0.05) is 0 Å². The normalized spacial score (nSPS) is 11.4. The van der Waals surface area contributed by atoms with Gasteiger partial charge in [-0.3, -0.25) is 4.72 Å². The summed E-state index contributed by atoms with van der Waals surface area (Å²) in [5.74, 6) is -0.499. The third-order valence-electron chi connectivity index (χ3n) is 3.35. The maximum absolute atomic E-state index is 12.7. The van der Waals surface area contributed by atoms with Crippen molar-refractivity contribution in [1.29, 1.82) is 0 Å². The Bertz CT molecular complexity index is 862. The van der Waals surface area contributed by atoms with Crippen LogP contribution in [0.3, 0.4) is 0 Å². The molecule has 0 spiro atoms. The van der Waals surface area contributed by atoms with Crippen LogP contribution in [0.2, 0.25) is 0 Å². The first kappa shape index (κ1) is 18.4. The highest BCUT2D eigenvalue weighted by atomic mass is 32.2. The van der Waals surface area contributed by atoms with Crippen molar-refractivity contribution in [1.82, 2.24) is 4.98 Å². The lowest BCUT2D eigenvalue weighted by Gasteiger charge is -2.12. The van der Waals surface area contributed by atoms with Crippen molar-refractivity contribution in [3.8, 4) is 0 Å². The number of carbonyl (C=O) groups is 1. The highest BCUT2D eigenvalue weighted by Crippen LogP contribution is 2.28. The number of rotatable bonds is 5. The van der Waals surface area contributed by atoms with Crippen LogP contribution in [0.4, 0.5) is 5.13 Å². The number of hydrogen-bond acceptors (Lipinski definition) is 6. The number of anilines is 1. The standard InChI is InChI=1S/C16H20N2O4S2/c1-6-22-15(19)13-12(5)17-16(23-13)18-24(20,21)14-10(3)7-9(2)8-11(14)4/h7-8H,6H2,1-5H3,(H,17,18). The lowest BCUT2D eigenvalue weighted by atomic mass is 10.1. The third-order valence-corrected chi connectivity index (χ3v) is 6.18. The summed E-state index contributed by atoms with van der Waals surface area (Å²) >= 11 is 0.968. The van der Waals surface area contributed by atoms with Gasteiger partial charge in [0.05, 0.1) is 17.2 Å². The number of carbonyl (C=O) groups excluding carboxylic acids is 1. The zero-order valence-corrected chi connectivity index (χ0v) is 15.9. The summed E-state index contributed by atoms with van der Waals surface area (Å²) in [6, 6.07) is 3.64. The zero-order valence-electron chi connectivity index (χ0n) is 14.3. The third kappa shape index (κ3) is 3.76. The monoisotopic (exact) mass is 368 g/mol. The van der Waals surface area contributed by atoms with Crippen LogP contribution in [0.1, 0.15) is 39.0 Å². The second-order valence-corrected chi connectivity index (χ2v) is 8.11. The first-order chi connectivity index (χ1) is 11.2. The molecular formula is C16H20N2O4S2. The number of ether oxygens (including phenoxy) is 1. The van der Waals surface area contributed by atoms with E-state index < -0.39 is 16.0 Å². The van der Waals surface area contributed by atoms with E-state index in [9.17, 15) is 13.2 Å². The van der Waals surface area contributed by atoms with E-state index in [-0.39, 0.29) is 16.6 Å². The van der Waals surface area contributed by atoms with E-state index in [1.54, 1.807) is 27.7 Å². The van der Waals surface area contributed by atoms with Gasteiger partial charge in [-0.1, -0.05) is 29.0 Å². The largest absolute Gasteiger partial charge is 0.462 e. The minimum Gasteiger partial charge on any atom is -0.462 e. The fraction of sp³-hybridized carbons (Fsp3) is 0.375. The van der Waals surface area contributed by atoms with Crippen LogP contribution in [-0.2, 0) is 14.8 Å². The molecule has 8 heteroatoms. The second kappa shape index (κ2) is 6.90. The van der Waals surface area contributed by atoms with Crippen LogP contribution in [0.15, 0.2) is 17.0 Å². The average molecular weight is 368 g/mol. The van der Waals surface area contributed by atoms with Crippen molar-refractivity contribution in [3.63, 3.8) is 0 Å². The van der Waals surface area contributed by atoms with Gasteiger partial charge in [0.25, 0.3) is 10.0 Å². The first-order valence-electron chi connectivity index (χ1n) is 7.41. The Morgan fingerprint density at radius 2 is 1.79 bits per heavy atom. The molecule has 0 aliphatic rings. The number of thiazole rings is 1. The molecule has 0 fully saturated rings. The smallest absolute Gasteiger partial charge is 0.350 e. The van der Waals surface area contributed by atoms with Crippen LogP contribution in [0, 0.1) is 27.7 Å². The number of hydrogen-bond donors (Lipinski definition) is 1. The van der Waals surface area contributed by atoms with E-state index in [4.69, 9.17) is 4.74 Å². The van der Waals surface area contributed by atoms with Crippen molar-refractivity contribution in [2.24, 2.45) is 0 Å². The van der Waals surface area contributed by atoms with E-state index in [0.717, 1.165) is 16.9 Å². The Morgan fingerprint density at radius 1 is 1.21 bits per heavy atom. The summed E-state index contributed by atoms with van der Waals surface area (Å²) in [5.41, 5.74) is 2.77. The molecule has 0 saturated carbocycles. The predicted octanol–water partition coefficient (Wildman–Crippen LogP) is 3.35. The Hall–Kier alpha value is -1.93. The van der Waals surface area contributed by atoms with E-state index in [1.807, 2.05) is 19.1 Å². The van der Waals surface area contributed by atoms with Crippen molar-refractivity contribution < 1.29 is 17.9 Å². The topological polar surface area (TPSA) is 85.4 Å². The van der Waals surface area contributed by atoms with Crippen LogP contribution in [0.25, 0.3) is 0 Å². The van der Waals surface area contributed by atoms with Gasteiger partial charge in [-0.15, -0.1) is 0 Å². The van der Waals surface area contributed by atoms with Crippen LogP contribution in [0.5, 0.6) is 0 Å². The molecule has 0 saturated heterocycles. The molecule has 6 nitrogen and oxygen atoms in total. The number of nitrogens with one attached hydrogen (secondary N) is 1. The van der Waals surface area contributed by atoms with Crippen LogP contribution < -0.4 is 4.72 Å². The molecule has 1 heterocycles. The predicted molar refractivity (Wildman–Crippen MR) is 94.3 cm³/mol. The number of aromatic nitrogens is 1. The Labute approximate surface area is 145 Å². The summed E-state index contributed by atoms with van der Waals surface area (Å²) in [6.07, 6.45) is 0. The van der Waals surface area contributed by atoms with Crippen molar-refractivity contribution in [2.75, 3.05) is 11.3 Å². The van der Waals surface area contributed by atoms with Gasteiger partial charge < -0.3 is 4.74 Å². The van der Waals surface area contributed by atoms with Gasteiger partial charge >= 0.3 is 5.97 Å². The van der Waals surface area contributed by atoms with Crippen molar-refractivity contribution >= 4 is 32.5 Å². The summed E-state index contributed by atoms with van der Waals surface area (Å²) in [5, 5.41) is 0.148. The first-order valence-corrected chi connectivity index (χ1v) is 9.71. The fourth-order valence-electron chi connectivity index (χ4n) is 2.58. The number of benzene rings is 1. The van der Waals surface area contributed by atoms with E-state index in [0.29, 0.717) is 21.7 Å². The maximum atomic E-state index is 12.7. The zero-order chi connectivity index (χ0) is 18.1. The van der Waals surface area contributed by atoms with Gasteiger partial charge in [-0.05, 0) is 45.7 Å². The molecule has 1 aromatic carbocycles. The molecule has 130 valence electrons. The lowest BCUT2D eigenvalue weighted by molar-refractivity contribution is 0.0531. The highest BCUT2D eigenvalue weighted by Gasteiger charge is 2.23. The maximum Gasteiger partial charge on any atom is 0.350 e. The van der Waals surface area contributed by atoms with Crippen LogP contribution >= 0.6 is 11.3 Å².